The monoisotopic (exact) mass is 345 g/mol. The Morgan fingerprint density at radius 3 is 2.62 bits per heavy atom. The van der Waals surface area contributed by atoms with Gasteiger partial charge in [-0.2, -0.15) is 0 Å². The lowest BCUT2D eigenvalue weighted by Crippen LogP contribution is -2.19. The highest BCUT2D eigenvalue weighted by molar-refractivity contribution is 9.10. The minimum Gasteiger partial charge on any atom is -0.382 e. The maximum Gasteiger partial charge on any atom is 0.0348 e. The molecule has 0 radical (unpaired) electrons. The number of halogens is 1. The number of fused-ring (bicyclic) bond motifs is 1. The van der Waals surface area contributed by atoms with Gasteiger partial charge < -0.3 is 5.32 Å². The van der Waals surface area contributed by atoms with Crippen molar-refractivity contribution in [1.82, 2.24) is 0 Å². The lowest BCUT2D eigenvalue weighted by Gasteiger charge is -2.22. The van der Waals surface area contributed by atoms with Crippen molar-refractivity contribution in [2.75, 3.05) is 5.32 Å². The second-order valence-electron chi connectivity index (χ2n) is 7.14. The van der Waals surface area contributed by atoms with Crippen molar-refractivity contribution in [1.29, 1.82) is 0 Å². The fourth-order valence-corrected chi connectivity index (χ4v) is 3.73. The molecule has 1 unspecified atom stereocenters. The van der Waals surface area contributed by atoms with Gasteiger partial charge in [-0.3, -0.25) is 0 Å². The number of anilines is 1. The predicted octanol–water partition coefficient (Wildman–Crippen LogP) is 6.37. The van der Waals surface area contributed by atoms with Crippen LogP contribution in [-0.4, -0.2) is 6.04 Å². The van der Waals surface area contributed by atoms with Crippen molar-refractivity contribution in [3.8, 4) is 0 Å². The molecule has 2 heteroatoms. The summed E-state index contributed by atoms with van der Waals surface area (Å²) in [5.74, 6) is 0. The minimum absolute atomic E-state index is 0.520. The molecule has 1 fully saturated rings. The van der Waals surface area contributed by atoms with E-state index in [0.29, 0.717) is 11.5 Å². The van der Waals surface area contributed by atoms with Gasteiger partial charge in [0.2, 0.25) is 0 Å². The zero-order valence-electron chi connectivity index (χ0n) is 13.0. The van der Waals surface area contributed by atoms with Crippen LogP contribution in [0.15, 0.2) is 40.9 Å². The minimum atomic E-state index is 0.520. The summed E-state index contributed by atoms with van der Waals surface area (Å²) >= 11 is 3.53. The highest BCUT2D eigenvalue weighted by atomic mass is 79.9. The zero-order valence-corrected chi connectivity index (χ0v) is 14.5. The Kier molecular flexibility index (Phi) is 4.26. The summed E-state index contributed by atoms with van der Waals surface area (Å²) in [5, 5.41) is 6.35. The molecule has 0 heterocycles. The van der Waals surface area contributed by atoms with Gasteiger partial charge in [-0.1, -0.05) is 48.3 Å². The highest BCUT2D eigenvalue weighted by Crippen LogP contribution is 2.35. The Balaban J connectivity index is 1.74. The van der Waals surface area contributed by atoms with Gasteiger partial charge in [-0.25, -0.2) is 0 Å². The van der Waals surface area contributed by atoms with Gasteiger partial charge in [0.15, 0.2) is 0 Å². The fourth-order valence-electron chi connectivity index (χ4n) is 3.35. The first-order chi connectivity index (χ1) is 10.0. The average molecular weight is 346 g/mol. The molecular formula is C19H24BrN. The van der Waals surface area contributed by atoms with E-state index in [1.807, 2.05) is 0 Å². The molecule has 0 spiro atoms. The van der Waals surface area contributed by atoms with E-state index in [4.69, 9.17) is 0 Å². The quantitative estimate of drug-likeness (QED) is 0.623. The molecule has 1 aliphatic carbocycles. The van der Waals surface area contributed by atoms with Crippen LogP contribution in [0.3, 0.4) is 0 Å². The summed E-state index contributed by atoms with van der Waals surface area (Å²) in [6, 6.07) is 13.8. The van der Waals surface area contributed by atoms with Gasteiger partial charge in [-0.15, -0.1) is 0 Å². The first kappa shape index (κ1) is 14.9. The van der Waals surface area contributed by atoms with E-state index in [-0.39, 0.29) is 0 Å². The molecule has 1 nitrogen and oxygen atoms in total. The lowest BCUT2D eigenvalue weighted by atomic mass is 9.85. The van der Waals surface area contributed by atoms with Crippen LogP contribution in [0.4, 0.5) is 5.69 Å². The molecule has 1 saturated carbocycles. The van der Waals surface area contributed by atoms with Crippen molar-refractivity contribution >= 4 is 32.4 Å². The van der Waals surface area contributed by atoms with Crippen LogP contribution in [0.5, 0.6) is 0 Å². The molecule has 0 amide bonds. The van der Waals surface area contributed by atoms with Gasteiger partial charge in [-0.05, 0) is 66.1 Å². The summed E-state index contributed by atoms with van der Waals surface area (Å²) in [5.41, 5.74) is 1.78. The van der Waals surface area contributed by atoms with Crippen LogP contribution >= 0.6 is 15.9 Å². The Morgan fingerprint density at radius 1 is 1.00 bits per heavy atom. The van der Waals surface area contributed by atoms with E-state index in [1.165, 1.54) is 48.6 Å². The number of benzene rings is 2. The molecule has 1 N–H and O–H groups in total. The van der Waals surface area contributed by atoms with Gasteiger partial charge in [0.25, 0.3) is 0 Å². The van der Waals surface area contributed by atoms with Crippen molar-refractivity contribution < 1.29 is 0 Å². The molecule has 1 aliphatic rings. The maximum atomic E-state index is 3.75. The summed E-state index contributed by atoms with van der Waals surface area (Å²) in [6.07, 6.45) is 6.60. The summed E-state index contributed by atoms with van der Waals surface area (Å²) < 4.78 is 1.14. The van der Waals surface area contributed by atoms with Crippen LogP contribution in [0.2, 0.25) is 0 Å². The number of hydrogen-bond donors (Lipinski definition) is 1. The molecular weight excluding hydrogens is 322 g/mol. The molecule has 2 aromatic carbocycles. The second-order valence-corrected chi connectivity index (χ2v) is 8.06. The van der Waals surface area contributed by atoms with E-state index in [1.54, 1.807) is 0 Å². The maximum absolute atomic E-state index is 3.75. The van der Waals surface area contributed by atoms with Crippen LogP contribution in [0.1, 0.15) is 46.0 Å². The standard InChI is InChI=1S/C19H24BrN/c1-19(2)10-3-4-17(9-11-19)21-18-8-6-14-12-16(20)7-5-15(14)13-18/h5-8,12-13,17,21H,3-4,9-11H2,1-2H3. The van der Waals surface area contributed by atoms with Crippen LogP contribution < -0.4 is 5.32 Å². The van der Waals surface area contributed by atoms with Gasteiger partial charge in [0, 0.05) is 16.2 Å². The van der Waals surface area contributed by atoms with E-state index < -0.39 is 0 Å². The van der Waals surface area contributed by atoms with Crippen molar-refractivity contribution in [2.24, 2.45) is 5.41 Å². The van der Waals surface area contributed by atoms with Gasteiger partial charge in [0.1, 0.15) is 0 Å². The third-order valence-electron chi connectivity index (χ3n) is 4.75. The Labute approximate surface area is 136 Å². The topological polar surface area (TPSA) is 12.0 Å². The van der Waals surface area contributed by atoms with E-state index in [9.17, 15) is 0 Å². The first-order valence-corrected chi connectivity index (χ1v) is 8.77. The summed E-state index contributed by atoms with van der Waals surface area (Å²) in [7, 11) is 0. The molecule has 0 bridgehead atoms. The number of nitrogens with one attached hydrogen (secondary N) is 1. The largest absolute Gasteiger partial charge is 0.382 e. The molecule has 21 heavy (non-hydrogen) atoms. The average Bonchev–Trinajstić information content (AvgIpc) is 2.60. The third kappa shape index (κ3) is 3.79. The van der Waals surface area contributed by atoms with Gasteiger partial charge >= 0.3 is 0 Å². The number of hydrogen-bond acceptors (Lipinski definition) is 1. The van der Waals surface area contributed by atoms with E-state index in [2.05, 4.69) is 71.5 Å². The molecule has 0 saturated heterocycles. The Bertz CT molecular complexity index is 632. The Morgan fingerprint density at radius 2 is 1.76 bits per heavy atom. The molecule has 2 aromatic rings. The SMILES string of the molecule is CC1(C)CCCC(Nc2ccc3cc(Br)ccc3c2)CC1. The molecule has 112 valence electrons. The zero-order chi connectivity index (χ0) is 14.9. The first-order valence-electron chi connectivity index (χ1n) is 7.98. The van der Waals surface area contributed by atoms with Crippen molar-refractivity contribution in [2.45, 2.75) is 52.0 Å². The van der Waals surface area contributed by atoms with Crippen molar-refractivity contribution in [3.05, 3.63) is 40.9 Å². The fraction of sp³-hybridized carbons (Fsp3) is 0.474. The third-order valence-corrected chi connectivity index (χ3v) is 5.24. The van der Waals surface area contributed by atoms with E-state index >= 15 is 0 Å². The van der Waals surface area contributed by atoms with Crippen LogP contribution in [0.25, 0.3) is 10.8 Å². The lowest BCUT2D eigenvalue weighted by molar-refractivity contribution is 0.313. The number of rotatable bonds is 2. The smallest absolute Gasteiger partial charge is 0.0348 e. The predicted molar refractivity (Wildman–Crippen MR) is 95.9 cm³/mol. The van der Waals surface area contributed by atoms with E-state index in [0.717, 1.165) is 4.47 Å². The summed E-state index contributed by atoms with van der Waals surface area (Å²) in [6.45, 7) is 4.81. The summed E-state index contributed by atoms with van der Waals surface area (Å²) in [4.78, 5) is 0. The molecule has 0 aromatic heterocycles. The molecule has 1 atom stereocenters. The van der Waals surface area contributed by atoms with Crippen LogP contribution in [0, 0.1) is 5.41 Å². The highest BCUT2D eigenvalue weighted by Gasteiger charge is 2.24. The normalized spacial score (nSPS) is 22.0. The molecule has 0 aliphatic heterocycles. The van der Waals surface area contributed by atoms with Gasteiger partial charge in [0.05, 0.1) is 0 Å². The van der Waals surface area contributed by atoms with Crippen molar-refractivity contribution in [3.63, 3.8) is 0 Å². The second kappa shape index (κ2) is 6.00. The molecule has 3 rings (SSSR count). The Hall–Kier alpha value is -1.02. The van der Waals surface area contributed by atoms with Crippen LogP contribution in [-0.2, 0) is 0 Å².